The molecular weight excluding hydrogens is 607 g/mol. The van der Waals surface area contributed by atoms with Crippen molar-refractivity contribution < 1.29 is 0 Å². The van der Waals surface area contributed by atoms with Crippen LogP contribution in [0, 0.1) is 0 Å². The maximum Gasteiger partial charge on any atom is 0.164 e. The van der Waals surface area contributed by atoms with E-state index in [9.17, 15) is 0 Å². The average Bonchev–Trinajstić information content (AvgIpc) is 3.21. The lowest BCUT2D eigenvalue weighted by atomic mass is 9.92. The second-order valence-electron chi connectivity index (χ2n) is 12.4. The van der Waals surface area contributed by atoms with Gasteiger partial charge in [-0.25, -0.2) is 15.0 Å². The second-order valence-corrected chi connectivity index (χ2v) is 12.4. The lowest BCUT2D eigenvalue weighted by molar-refractivity contribution is 1.08. The van der Waals surface area contributed by atoms with Crippen LogP contribution >= 0.6 is 0 Å². The highest BCUT2D eigenvalue weighted by Gasteiger charge is 2.19. The van der Waals surface area contributed by atoms with Crippen LogP contribution in [0.5, 0.6) is 0 Å². The quantitative estimate of drug-likeness (QED) is 0.182. The molecule has 0 saturated carbocycles. The fourth-order valence-corrected chi connectivity index (χ4v) is 6.93. The van der Waals surface area contributed by atoms with Gasteiger partial charge in [-0.2, -0.15) is 0 Å². The highest BCUT2D eigenvalue weighted by atomic mass is 15.0. The summed E-state index contributed by atoms with van der Waals surface area (Å²) in [5, 5.41) is 4.58. The molecule has 0 aliphatic carbocycles. The Labute approximate surface area is 291 Å². The van der Waals surface area contributed by atoms with Crippen molar-refractivity contribution in [2.75, 3.05) is 0 Å². The van der Waals surface area contributed by atoms with Crippen molar-refractivity contribution in [2.24, 2.45) is 0 Å². The number of hydrogen-bond donors (Lipinski definition) is 0. The Kier molecular flexibility index (Phi) is 7.49. The lowest BCUT2D eigenvalue weighted by Gasteiger charge is -2.16. The molecule has 0 spiro atoms. The Hall–Kier alpha value is -6.71. The van der Waals surface area contributed by atoms with Crippen molar-refractivity contribution in [3.63, 3.8) is 0 Å². The van der Waals surface area contributed by atoms with Crippen LogP contribution < -0.4 is 0 Å². The van der Waals surface area contributed by atoms with Crippen LogP contribution in [0.4, 0.5) is 0 Å². The Balaban J connectivity index is 1.29. The first kappa shape index (κ1) is 29.4. The van der Waals surface area contributed by atoms with Gasteiger partial charge >= 0.3 is 0 Å². The molecule has 50 heavy (non-hydrogen) atoms. The maximum absolute atomic E-state index is 5.29. The summed E-state index contributed by atoms with van der Waals surface area (Å²) in [6.07, 6.45) is 0. The van der Waals surface area contributed by atoms with Gasteiger partial charge in [-0.1, -0.05) is 176 Å². The summed E-state index contributed by atoms with van der Waals surface area (Å²) in [4.78, 5) is 15.7. The zero-order chi connectivity index (χ0) is 33.3. The fourth-order valence-electron chi connectivity index (χ4n) is 6.93. The molecule has 0 saturated heterocycles. The van der Waals surface area contributed by atoms with E-state index in [1.165, 1.54) is 22.1 Å². The average molecular weight is 638 g/mol. The van der Waals surface area contributed by atoms with Gasteiger partial charge in [0.25, 0.3) is 0 Å². The van der Waals surface area contributed by atoms with E-state index in [4.69, 9.17) is 15.0 Å². The Morgan fingerprint density at radius 3 is 1.36 bits per heavy atom. The third-order valence-electron chi connectivity index (χ3n) is 9.37. The summed E-state index contributed by atoms with van der Waals surface area (Å²) >= 11 is 0. The van der Waals surface area contributed by atoms with E-state index in [0.717, 1.165) is 49.5 Å². The molecule has 1 heterocycles. The van der Waals surface area contributed by atoms with E-state index in [0.29, 0.717) is 17.5 Å². The number of nitrogens with zero attached hydrogens (tertiary/aromatic N) is 3. The predicted octanol–water partition coefficient (Wildman–Crippen LogP) is 12.2. The zero-order valence-corrected chi connectivity index (χ0v) is 27.2. The van der Waals surface area contributed by atoms with Gasteiger partial charge in [-0.05, 0) is 61.5 Å². The lowest BCUT2D eigenvalue weighted by Crippen LogP contribution is -2.02. The van der Waals surface area contributed by atoms with Crippen LogP contribution in [0.15, 0.2) is 188 Å². The molecule has 0 amide bonds. The molecule has 3 heteroatoms. The minimum absolute atomic E-state index is 0.632. The summed E-state index contributed by atoms with van der Waals surface area (Å²) in [6, 6.07) is 65.7. The first-order chi connectivity index (χ1) is 24.8. The van der Waals surface area contributed by atoms with Crippen molar-refractivity contribution >= 4 is 21.5 Å². The molecular formula is C47H31N3. The van der Waals surface area contributed by atoms with E-state index < -0.39 is 0 Å². The van der Waals surface area contributed by atoms with Crippen molar-refractivity contribution in [1.82, 2.24) is 15.0 Å². The van der Waals surface area contributed by atoms with E-state index in [1.54, 1.807) is 0 Å². The van der Waals surface area contributed by atoms with Crippen LogP contribution in [0.2, 0.25) is 0 Å². The Morgan fingerprint density at radius 1 is 0.240 bits per heavy atom. The Bertz CT molecular complexity index is 2610. The van der Waals surface area contributed by atoms with Crippen LogP contribution in [0.3, 0.4) is 0 Å². The molecule has 0 bridgehead atoms. The number of hydrogen-bond acceptors (Lipinski definition) is 3. The largest absolute Gasteiger partial charge is 0.208 e. The van der Waals surface area contributed by atoms with Gasteiger partial charge in [-0.15, -0.1) is 0 Å². The smallest absolute Gasteiger partial charge is 0.164 e. The molecule has 8 aromatic carbocycles. The first-order valence-electron chi connectivity index (χ1n) is 16.9. The van der Waals surface area contributed by atoms with E-state index in [2.05, 4.69) is 182 Å². The van der Waals surface area contributed by atoms with Gasteiger partial charge in [0.15, 0.2) is 17.5 Å². The van der Waals surface area contributed by atoms with Crippen molar-refractivity contribution in [1.29, 1.82) is 0 Å². The van der Waals surface area contributed by atoms with E-state index >= 15 is 0 Å². The number of fused-ring (bicyclic) bond motifs is 2. The minimum Gasteiger partial charge on any atom is -0.208 e. The summed E-state index contributed by atoms with van der Waals surface area (Å²) in [7, 11) is 0. The molecule has 3 nitrogen and oxygen atoms in total. The van der Waals surface area contributed by atoms with Crippen molar-refractivity contribution in [3.8, 4) is 67.5 Å². The molecule has 0 aliphatic rings. The maximum atomic E-state index is 5.29. The van der Waals surface area contributed by atoms with Crippen LogP contribution in [-0.4, -0.2) is 15.0 Å². The molecule has 9 rings (SSSR count). The van der Waals surface area contributed by atoms with Crippen LogP contribution in [0.25, 0.3) is 89.1 Å². The van der Waals surface area contributed by atoms with Crippen molar-refractivity contribution in [2.45, 2.75) is 0 Å². The predicted molar refractivity (Wildman–Crippen MR) is 207 cm³/mol. The highest BCUT2D eigenvalue weighted by Crippen LogP contribution is 2.40. The van der Waals surface area contributed by atoms with E-state index in [-0.39, 0.29) is 0 Å². The molecule has 0 atom stereocenters. The van der Waals surface area contributed by atoms with Gasteiger partial charge in [-0.3, -0.25) is 0 Å². The molecule has 234 valence electrons. The number of rotatable bonds is 6. The highest BCUT2D eigenvalue weighted by molar-refractivity contribution is 6.05. The summed E-state index contributed by atoms with van der Waals surface area (Å²) in [5.41, 5.74) is 9.76. The van der Waals surface area contributed by atoms with Crippen molar-refractivity contribution in [3.05, 3.63) is 188 Å². The SMILES string of the molecule is c1ccc(-c2ccc(-c3nc(-c4ccc5ccccc5c4-c4ccccc4)nc(-c4ccc(-c5ccccc5)c5ccccc45)n3)cc2)cc1. The first-order valence-corrected chi connectivity index (χ1v) is 16.9. The normalized spacial score (nSPS) is 11.2. The number of benzene rings is 8. The number of aromatic nitrogens is 3. The molecule has 0 radical (unpaired) electrons. The topological polar surface area (TPSA) is 38.7 Å². The van der Waals surface area contributed by atoms with E-state index in [1.807, 2.05) is 6.07 Å². The fraction of sp³-hybridized carbons (Fsp3) is 0. The van der Waals surface area contributed by atoms with Gasteiger partial charge in [0.1, 0.15) is 0 Å². The summed E-state index contributed by atoms with van der Waals surface area (Å²) < 4.78 is 0. The Morgan fingerprint density at radius 2 is 0.680 bits per heavy atom. The second kappa shape index (κ2) is 12.7. The molecule has 0 aliphatic heterocycles. The van der Waals surface area contributed by atoms with Crippen LogP contribution in [0.1, 0.15) is 0 Å². The molecule has 9 aromatic rings. The molecule has 0 N–H and O–H groups in total. The third kappa shape index (κ3) is 5.41. The monoisotopic (exact) mass is 637 g/mol. The van der Waals surface area contributed by atoms with Gasteiger partial charge < -0.3 is 0 Å². The summed E-state index contributed by atoms with van der Waals surface area (Å²) in [6.45, 7) is 0. The standard InChI is InChI=1S/C47H31N3/c1-4-14-32(15-5-1)33-24-26-37(27-25-33)45-48-46(42-31-30-38(34-16-6-2-7-17-34)40-22-12-13-23-41(40)42)50-47(49-45)43-29-28-35-18-10-11-21-39(35)44(43)36-19-8-3-9-20-36/h1-31H. The van der Waals surface area contributed by atoms with Gasteiger partial charge in [0, 0.05) is 22.3 Å². The zero-order valence-electron chi connectivity index (χ0n) is 27.2. The molecule has 0 unspecified atom stereocenters. The molecule has 0 fully saturated rings. The van der Waals surface area contributed by atoms with Crippen LogP contribution in [-0.2, 0) is 0 Å². The van der Waals surface area contributed by atoms with Gasteiger partial charge in [0.2, 0.25) is 0 Å². The van der Waals surface area contributed by atoms with Gasteiger partial charge in [0.05, 0.1) is 0 Å². The summed E-state index contributed by atoms with van der Waals surface area (Å²) in [5.74, 6) is 1.91. The molecule has 1 aromatic heterocycles. The minimum atomic E-state index is 0.632. The third-order valence-corrected chi connectivity index (χ3v) is 9.37.